The second-order valence-corrected chi connectivity index (χ2v) is 5.81. The number of halogens is 2. The molecule has 0 unspecified atom stereocenters. The van der Waals surface area contributed by atoms with Gasteiger partial charge in [0.25, 0.3) is 5.91 Å². The molecule has 0 fully saturated rings. The van der Waals surface area contributed by atoms with Crippen LogP contribution in [0.3, 0.4) is 0 Å². The highest BCUT2D eigenvalue weighted by atomic mass is 35.5. The number of aromatic nitrogens is 1. The van der Waals surface area contributed by atoms with Crippen molar-refractivity contribution in [2.75, 3.05) is 5.32 Å². The van der Waals surface area contributed by atoms with E-state index < -0.39 is 0 Å². The number of rotatable bonds is 5. The molecule has 6 heteroatoms. The van der Waals surface area contributed by atoms with Crippen molar-refractivity contribution in [1.82, 2.24) is 10.3 Å². The van der Waals surface area contributed by atoms with E-state index in [1.807, 2.05) is 12.1 Å². The average Bonchev–Trinajstić information content (AvgIpc) is 2.63. The lowest BCUT2D eigenvalue weighted by Gasteiger charge is -2.08. The van der Waals surface area contributed by atoms with Crippen molar-refractivity contribution in [3.05, 3.63) is 88.8 Å². The molecule has 0 aliphatic heterocycles. The smallest absolute Gasteiger partial charge is 0.253 e. The van der Waals surface area contributed by atoms with Gasteiger partial charge in [0.2, 0.25) is 0 Å². The third-order valence-corrected chi connectivity index (χ3v) is 3.76. The van der Waals surface area contributed by atoms with Gasteiger partial charge in [0.05, 0.1) is 5.56 Å². The molecule has 0 bridgehead atoms. The van der Waals surface area contributed by atoms with Gasteiger partial charge in [-0.05, 0) is 54.1 Å². The van der Waals surface area contributed by atoms with E-state index in [1.54, 1.807) is 36.4 Å². The van der Waals surface area contributed by atoms with Crippen LogP contribution in [0.1, 0.15) is 15.9 Å². The van der Waals surface area contributed by atoms with Crippen LogP contribution in [-0.2, 0) is 6.54 Å². The lowest BCUT2D eigenvalue weighted by molar-refractivity contribution is 0.0950. The van der Waals surface area contributed by atoms with E-state index in [-0.39, 0.29) is 11.7 Å². The molecule has 0 aliphatic carbocycles. The zero-order valence-corrected chi connectivity index (χ0v) is 13.9. The summed E-state index contributed by atoms with van der Waals surface area (Å²) in [4.78, 5) is 16.4. The largest absolute Gasteiger partial charge is 0.348 e. The number of anilines is 2. The van der Waals surface area contributed by atoms with Crippen LogP contribution in [-0.4, -0.2) is 10.9 Å². The normalized spacial score (nSPS) is 10.3. The first-order valence-electron chi connectivity index (χ1n) is 7.61. The van der Waals surface area contributed by atoms with Gasteiger partial charge in [-0.3, -0.25) is 4.79 Å². The Bertz CT molecular complexity index is 849. The molecule has 1 aromatic heterocycles. The quantitative estimate of drug-likeness (QED) is 0.706. The fraction of sp³-hybridized carbons (Fsp3) is 0.0526. The molecular weight excluding hydrogens is 341 g/mol. The molecule has 0 aliphatic rings. The van der Waals surface area contributed by atoms with Crippen LogP contribution in [0.15, 0.2) is 66.9 Å². The lowest BCUT2D eigenvalue weighted by Crippen LogP contribution is -2.22. The van der Waals surface area contributed by atoms with Crippen molar-refractivity contribution < 1.29 is 9.18 Å². The second kappa shape index (κ2) is 7.77. The summed E-state index contributed by atoms with van der Waals surface area (Å²) < 4.78 is 12.9. The van der Waals surface area contributed by atoms with Crippen molar-refractivity contribution in [1.29, 1.82) is 0 Å². The number of carbonyl (C=O) groups excluding carboxylic acids is 1. The first kappa shape index (κ1) is 16.9. The highest BCUT2D eigenvalue weighted by Crippen LogP contribution is 2.17. The highest BCUT2D eigenvalue weighted by Gasteiger charge is 2.06. The third kappa shape index (κ3) is 4.78. The van der Waals surface area contributed by atoms with E-state index in [0.717, 1.165) is 11.3 Å². The molecule has 0 saturated carbocycles. The van der Waals surface area contributed by atoms with E-state index in [2.05, 4.69) is 15.6 Å². The maximum atomic E-state index is 12.9. The Balaban J connectivity index is 1.58. The minimum Gasteiger partial charge on any atom is -0.348 e. The number of amides is 1. The number of nitrogens with one attached hydrogen (secondary N) is 2. The molecule has 2 N–H and O–H groups in total. The maximum absolute atomic E-state index is 12.9. The molecule has 2 aromatic carbocycles. The van der Waals surface area contributed by atoms with Crippen LogP contribution >= 0.6 is 11.6 Å². The van der Waals surface area contributed by atoms with Gasteiger partial charge in [-0.25, -0.2) is 9.37 Å². The van der Waals surface area contributed by atoms with Gasteiger partial charge in [0.1, 0.15) is 11.6 Å². The van der Waals surface area contributed by atoms with E-state index in [9.17, 15) is 9.18 Å². The van der Waals surface area contributed by atoms with Gasteiger partial charge in [0, 0.05) is 23.5 Å². The minimum atomic E-state index is -0.303. The zero-order chi connectivity index (χ0) is 17.6. The van der Waals surface area contributed by atoms with E-state index in [4.69, 9.17) is 11.6 Å². The molecule has 3 aromatic rings. The van der Waals surface area contributed by atoms with Gasteiger partial charge >= 0.3 is 0 Å². The monoisotopic (exact) mass is 355 g/mol. The summed E-state index contributed by atoms with van der Waals surface area (Å²) in [5, 5.41) is 6.56. The summed E-state index contributed by atoms with van der Waals surface area (Å²) in [7, 11) is 0. The summed E-state index contributed by atoms with van der Waals surface area (Å²) >= 11 is 5.85. The van der Waals surface area contributed by atoms with Gasteiger partial charge < -0.3 is 10.6 Å². The number of pyridine rings is 1. The highest BCUT2D eigenvalue weighted by molar-refractivity contribution is 6.30. The lowest BCUT2D eigenvalue weighted by atomic mass is 10.2. The van der Waals surface area contributed by atoms with Crippen LogP contribution in [0.25, 0.3) is 0 Å². The molecule has 3 rings (SSSR count). The Hall–Kier alpha value is -2.92. The van der Waals surface area contributed by atoms with Crippen LogP contribution in [0.4, 0.5) is 15.9 Å². The molecule has 0 atom stereocenters. The third-order valence-electron chi connectivity index (χ3n) is 3.51. The predicted molar refractivity (Wildman–Crippen MR) is 96.5 cm³/mol. The van der Waals surface area contributed by atoms with Gasteiger partial charge in [-0.1, -0.05) is 23.7 Å². The number of benzene rings is 2. The Morgan fingerprint density at radius 1 is 1.00 bits per heavy atom. The Kier molecular flexibility index (Phi) is 5.26. The van der Waals surface area contributed by atoms with Crippen LogP contribution in [0.5, 0.6) is 0 Å². The van der Waals surface area contributed by atoms with E-state index in [0.29, 0.717) is 22.9 Å². The molecule has 4 nitrogen and oxygen atoms in total. The van der Waals surface area contributed by atoms with Crippen LogP contribution in [0.2, 0.25) is 5.02 Å². The summed E-state index contributed by atoms with van der Waals surface area (Å²) in [6.07, 6.45) is 1.50. The summed E-state index contributed by atoms with van der Waals surface area (Å²) in [6.45, 7) is 0.323. The fourth-order valence-electron chi connectivity index (χ4n) is 2.17. The summed E-state index contributed by atoms with van der Waals surface area (Å²) in [5.41, 5.74) is 2.12. The first-order valence-corrected chi connectivity index (χ1v) is 7.99. The van der Waals surface area contributed by atoms with Crippen molar-refractivity contribution in [3.8, 4) is 0 Å². The molecule has 0 radical (unpaired) electrons. The first-order chi connectivity index (χ1) is 12.1. The predicted octanol–water partition coefficient (Wildman–Crippen LogP) is 4.55. The molecule has 1 heterocycles. The Morgan fingerprint density at radius 3 is 2.36 bits per heavy atom. The van der Waals surface area contributed by atoms with E-state index >= 15 is 0 Å². The summed E-state index contributed by atoms with van der Waals surface area (Å²) in [6, 6.07) is 16.6. The molecule has 0 saturated heterocycles. The van der Waals surface area contributed by atoms with Crippen LogP contribution < -0.4 is 10.6 Å². The maximum Gasteiger partial charge on any atom is 0.253 e. The van der Waals surface area contributed by atoms with Crippen molar-refractivity contribution in [2.45, 2.75) is 6.54 Å². The molecule has 126 valence electrons. The second-order valence-electron chi connectivity index (χ2n) is 5.37. The number of carbonyl (C=O) groups is 1. The topological polar surface area (TPSA) is 54.0 Å². The number of hydrogen-bond donors (Lipinski definition) is 2. The van der Waals surface area contributed by atoms with Gasteiger partial charge in [-0.15, -0.1) is 0 Å². The minimum absolute atomic E-state index is 0.241. The van der Waals surface area contributed by atoms with Crippen molar-refractivity contribution >= 4 is 29.0 Å². The molecule has 0 spiro atoms. The number of hydrogen-bond acceptors (Lipinski definition) is 3. The zero-order valence-electron chi connectivity index (χ0n) is 13.2. The van der Waals surface area contributed by atoms with Gasteiger partial charge in [0.15, 0.2) is 0 Å². The Labute approximate surface area is 149 Å². The van der Waals surface area contributed by atoms with Crippen molar-refractivity contribution in [2.24, 2.45) is 0 Å². The van der Waals surface area contributed by atoms with Crippen molar-refractivity contribution in [3.63, 3.8) is 0 Å². The molecular formula is C19H15ClFN3O. The van der Waals surface area contributed by atoms with Crippen LogP contribution in [0, 0.1) is 5.82 Å². The number of nitrogens with zero attached hydrogens (tertiary/aromatic N) is 1. The average molecular weight is 356 g/mol. The molecule has 25 heavy (non-hydrogen) atoms. The SMILES string of the molecule is O=C(NCc1ccc(F)cc1)c1ccc(Nc2ccc(Cl)cc2)nc1. The standard InChI is InChI=1S/C19H15ClFN3O/c20-15-4-8-17(9-5-15)24-18-10-3-14(12-22-18)19(25)23-11-13-1-6-16(21)7-2-13/h1-10,12H,11H2,(H,22,24)(H,23,25). The summed E-state index contributed by atoms with van der Waals surface area (Å²) in [5.74, 6) is 0.0790. The van der Waals surface area contributed by atoms with E-state index in [1.165, 1.54) is 18.3 Å². The van der Waals surface area contributed by atoms with Gasteiger partial charge in [-0.2, -0.15) is 0 Å². The Morgan fingerprint density at radius 2 is 1.72 bits per heavy atom. The molecule has 1 amide bonds. The fourth-order valence-corrected chi connectivity index (χ4v) is 2.30.